The van der Waals surface area contributed by atoms with Crippen molar-refractivity contribution in [3.8, 4) is 0 Å². The third-order valence-corrected chi connectivity index (χ3v) is 5.88. The molecular formula is C20H21NO2S. The summed E-state index contributed by atoms with van der Waals surface area (Å²) in [6.07, 6.45) is 4.49. The molecule has 0 aliphatic carbocycles. The largest absolute Gasteiger partial charge is 0.372 e. The third kappa shape index (κ3) is 3.17. The number of amides is 1. The van der Waals surface area contributed by atoms with Crippen LogP contribution in [-0.2, 0) is 16.0 Å². The molecule has 1 atom stereocenters. The monoisotopic (exact) mass is 339 g/mol. The van der Waals surface area contributed by atoms with Gasteiger partial charge in [0.15, 0.2) is 0 Å². The van der Waals surface area contributed by atoms with Crippen molar-refractivity contribution in [2.75, 3.05) is 19.7 Å². The summed E-state index contributed by atoms with van der Waals surface area (Å²) < 4.78 is 5.86. The Hall–Kier alpha value is -1.91. The quantitative estimate of drug-likeness (QED) is 0.844. The van der Waals surface area contributed by atoms with Crippen LogP contribution in [0, 0.1) is 0 Å². The van der Waals surface area contributed by atoms with Crippen LogP contribution in [-0.4, -0.2) is 30.5 Å². The van der Waals surface area contributed by atoms with E-state index in [0.29, 0.717) is 13.0 Å². The number of carbonyl (C=O) groups excluding carboxylic acids is 1. The Kier molecular flexibility index (Phi) is 4.50. The summed E-state index contributed by atoms with van der Waals surface area (Å²) in [5.41, 5.74) is 3.96. The van der Waals surface area contributed by atoms with Crippen LogP contribution in [0.3, 0.4) is 0 Å². The van der Waals surface area contributed by atoms with Gasteiger partial charge in [-0.1, -0.05) is 36.4 Å². The van der Waals surface area contributed by atoms with Gasteiger partial charge in [0.25, 0.3) is 0 Å². The summed E-state index contributed by atoms with van der Waals surface area (Å²) in [4.78, 5) is 15.9. The summed E-state index contributed by atoms with van der Waals surface area (Å²) in [7, 11) is 0. The lowest BCUT2D eigenvalue weighted by atomic mass is 9.99. The molecule has 0 bridgehead atoms. The van der Waals surface area contributed by atoms with E-state index in [4.69, 9.17) is 4.74 Å². The lowest BCUT2D eigenvalue weighted by Crippen LogP contribution is -2.36. The molecule has 4 rings (SSSR count). The van der Waals surface area contributed by atoms with Crippen LogP contribution in [0.25, 0.3) is 5.57 Å². The molecule has 1 aromatic heterocycles. The zero-order valence-corrected chi connectivity index (χ0v) is 14.4. The van der Waals surface area contributed by atoms with Gasteiger partial charge in [-0.05, 0) is 41.0 Å². The fourth-order valence-corrected chi connectivity index (χ4v) is 4.48. The van der Waals surface area contributed by atoms with Gasteiger partial charge in [0.2, 0.25) is 5.91 Å². The lowest BCUT2D eigenvalue weighted by Gasteiger charge is -2.29. The van der Waals surface area contributed by atoms with E-state index in [0.717, 1.165) is 26.0 Å². The highest BCUT2D eigenvalue weighted by Gasteiger charge is 2.27. The molecule has 1 unspecified atom stereocenters. The van der Waals surface area contributed by atoms with Crippen LogP contribution in [0.15, 0.2) is 47.9 Å². The molecule has 3 nitrogen and oxygen atoms in total. The van der Waals surface area contributed by atoms with Gasteiger partial charge in [0.1, 0.15) is 6.10 Å². The molecular weight excluding hydrogens is 318 g/mol. The Balaban J connectivity index is 1.40. The van der Waals surface area contributed by atoms with Gasteiger partial charge in [0, 0.05) is 18.0 Å². The highest BCUT2D eigenvalue weighted by molar-refractivity contribution is 7.10. The average Bonchev–Trinajstić information content (AvgIpc) is 3.12. The van der Waals surface area contributed by atoms with Gasteiger partial charge in [-0.15, -0.1) is 11.3 Å². The SMILES string of the molecule is O=C(CC1OCCc2ccsc21)N1CC=C(c2ccccc2)CC1. The van der Waals surface area contributed by atoms with Crippen molar-refractivity contribution in [2.24, 2.45) is 0 Å². The zero-order chi connectivity index (χ0) is 16.4. The Bertz CT molecular complexity index is 750. The normalized spacial score (nSPS) is 20.4. The molecule has 2 aromatic rings. The average molecular weight is 339 g/mol. The lowest BCUT2D eigenvalue weighted by molar-refractivity contribution is -0.134. The topological polar surface area (TPSA) is 29.5 Å². The highest BCUT2D eigenvalue weighted by atomic mass is 32.1. The van der Waals surface area contributed by atoms with Crippen molar-refractivity contribution in [2.45, 2.75) is 25.4 Å². The van der Waals surface area contributed by atoms with Gasteiger partial charge in [-0.2, -0.15) is 0 Å². The maximum atomic E-state index is 12.7. The molecule has 4 heteroatoms. The number of nitrogens with zero attached hydrogens (tertiary/aromatic N) is 1. The summed E-state index contributed by atoms with van der Waals surface area (Å²) in [5, 5.41) is 2.10. The predicted octanol–water partition coefficient (Wildman–Crippen LogP) is 4.07. The smallest absolute Gasteiger partial charge is 0.225 e. The Morgan fingerprint density at radius 3 is 2.88 bits per heavy atom. The number of ether oxygens (including phenoxy) is 1. The van der Waals surface area contributed by atoms with Crippen LogP contribution in [0.2, 0.25) is 0 Å². The van der Waals surface area contributed by atoms with Crippen LogP contribution in [0.4, 0.5) is 0 Å². The molecule has 1 amide bonds. The van der Waals surface area contributed by atoms with Crippen molar-refractivity contribution in [3.05, 3.63) is 63.9 Å². The van der Waals surface area contributed by atoms with E-state index in [1.54, 1.807) is 11.3 Å². The summed E-state index contributed by atoms with van der Waals surface area (Å²) in [6.45, 7) is 2.22. The zero-order valence-electron chi connectivity index (χ0n) is 13.6. The number of thiophene rings is 1. The first-order valence-corrected chi connectivity index (χ1v) is 9.39. The minimum absolute atomic E-state index is 0.0549. The maximum absolute atomic E-state index is 12.7. The molecule has 0 N–H and O–H groups in total. The van der Waals surface area contributed by atoms with Crippen molar-refractivity contribution >= 4 is 22.8 Å². The van der Waals surface area contributed by atoms with Crippen molar-refractivity contribution in [1.82, 2.24) is 4.90 Å². The fourth-order valence-electron chi connectivity index (χ4n) is 3.47. The van der Waals surface area contributed by atoms with E-state index < -0.39 is 0 Å². The first kappa shape index (κ1) is 15.6. The van der Waals surface area contributed by atoms with E-state index in [1.165, 1.54) is 21.6 Å². The Morgan fingerprint density at radius 2 is 2.08 bits per heavy atom. The molecule has 0 saturated carbocycles. The van der Waals surface area contributed by atoms with E-state index in [-0.39, 0.29) is 12.0 Å². The molecule has 124 valence electrons. The van der Waals surface area contributed by atoms with E-state index >= 15 is 0 Å². The molecule has 0 fully saturated rings. The molecule has 2 aliphatic rings. The first-order chi connectivity index (χ1) is 11.8. The number of carbonyl (C=O) groups is 1. The number of benzene rings is 1. The van der Waals surface area contributed by atoms with Crippen molar-refractivity contribution in [3.63, 3.8) is 0 Å². The molecule has 2 aliphatic heterocycles. The van der Waals surface area contributed by atoms with Gasteiger partial charge in [-0.25, -0.2) is 0 Å². The van der Waals surface area contributed by atoms with Crippen LogP contribution in [0.1, 0.15) is 34.9 Å². The number of fused-ring (bicyclic) bond motifs is 1. The minimum atomic E-state index is -0.0549. The minimum Gasteiger partial charge on any atom is -0.372 e. The second-order valence-electron chi connectivity index (χ2n) is 6.31. The summed E-state index contributed by atoms with van der Waals surface area (Å²) in [5.74, 6) is 0.199. The Morgan fingerprint density at radius 1 is 1.21 bits per heavy atom. The second kappa shape index (κ2) is 6.91. The fraction of sp³-hybridized carbons (Fsp3) is 0.350. The molecule has 1 aromatic carbocycles. The molecule has 0 spiro atoms. The summed E-state index contributed by atoms with van der Waals surface area (Å²) in [6, 6.07) is 12.6. The van der Waals surface area contributed by atoms with Gasteiger partial charge < -0.3 is 9.64 Å². The van der Waals surface area contributed by atoms with Crippen molar-refractivity contribution < 1.29 is 9.53 Å². The van der Waals surface area contributed by atoms with Crippen LogP contribution >= 0.6 is 11.3 Å². The van der Waals surface area contributed by atoms with Gasteiger partial charge >= 0.3 is 0 Å². The number of rotatable bonds is 3. The van der Waals surface area contributed by atoms with Crippen LogP contribution < -0.4 is 0 Å². The number of hydrogen-bond acceptors (Lipinski definition) is 3. The highest BCUT2D eigenvalue weighted by Crippen LogP contribution is 2.34. The number of hydrogen-bond donors (Lipinski definition) is 0. The van der Waals surface area contributed by atoms with E-state index in [9.17, 15) is 4.79 Å². The maximum Gasteiger partial charge on any atom is 0.225 e. The molecule has 0 saturated heterocycles. The van der Waals surface area contributed by atoms with Gasteiger partial charge in [0.05, 0.1) is 13.0 Å². The molecule has 24 heavy (non-hydrogen) atoms. The van der Waals surface area contributed by atoms with E-state index in [2.05, 4.69) is 41.8 Å². The Labute approximate surface area is 146 Å². The molecule has 0 radical (unpaired) electrons. The standard InChI is InChI=1S/C20H21NO2S/c22-19(14-18-20-17(8-12-23-18)9-13-24-20)21-10-6-16(7-11-21)15-4-2-1-3-5-15/h1-6,9,13,18H,7-8,10-12,14H2. The van der Waals surface area contributed by atoms with E-state index in [1.807, 2.05) is 11.0 Å². The summed E-state index contributed by atoms with van der Waals surface area (Å²) >= 11 is 1.71. The second-order valence-corrected chi connectivity index (χ2v) is 7.26. The predicted molar refractivity (Wildman–Crippen MR) is 96.9 cm³/mol. The van der Waals surface area contributed by atoms with Gasteiger partial charge in [-0.3, -0.25) is 4.79 Å². The van der Waals surface area contributed by atoms with Crippen LogP contribution in [0.5, 0.6) is 0 Å². The third-order valence-electron chi connectivity index (χ3n) is 4.83. The molecule has 3 heterocycles. The first-order valence-electron chi connectivity index (χ1n) is 8.51. The van der Waals surface area contributed by atoms with Crippen molar-refractivity contribution in [1.29, 1.82) is 0 Å².